The highest BCUT2D eigenvalue weighted by Gasteiger charge is 2.26. The van der Waals surface area contributed by atoms with Crippen LogP contribution in [0.4, 0.5) is 0 Å². The molecular formula is C39H28N6. The smallest absolute Gasteiger partial charge is 0.160 e. The lowest BCUT2D eigenvalue weighted by molar-refractivity contribution is 0.922. The van der Waals surface area contributed by atoms with Gasteiger partial charge in [-0.3, -0.25) is 9.97 Å². The number of para-hydroxylation sites is 1. The van der Waals surface area contributed by atoms with E-state index in [1.54, 1.807) is 12.4 Å². The van der Waals surface area contributed by atoms with Gasteiger partial charge >= 0.3 is 0 Å². The predicted molar refractivity (Wildman–Crippen MR) is 179 cm³/mol. The molecule has 4 heterocycles. The highest BCUT2D eigenvalue weighted by Crippen LogP contribution is 2.43. The van der Waals surface area contributed by atoms with E-state index in [4.69, 9.17) is 19.9 Å². The predicted octanol–water partition coefficient (Wildman–Crippen LogP) is 6.75. The van der Waals surface area contributed by atoms with Crippen molar-refractivity contribution in [2.24, 2.45) is 0 Å². The monoisotopic (exact) mass is 580 g/mol. The van der Waals surface area contributed by atoms with Gasteiger partial charge in [0, 0.05) is 52.1 Å². The Morgan fingerprint density at radius 2 is 1.42 bits per heavy atom. The maximum absolute atomic E-state index is 5.16. The molecule has 6 heteroatoms. The second-order valence-corrected chi connectivity index (χ2v) is 11.8. The first-order valence-electron chi connectivity index (χ1n) is 15.5. The van der Waals surface area contributed by atoms with Crippen LogP contribution in [0.5, 0.6) is 0 Å². The van der Waals surface area contributed by atoms with Gasteiger partial charge in [0.05, 0.1) is 22.3 Å². The molecule has 0 saturated carbocycles. The van der Waals surface area contributed by atoms with Gasteiger partial charge in [0.2, 0.25) is 0 Å². The minimum Gasteiger partial charge on any atom is -0.264 e. The molecule has 6 aromatic rings. The standard InChI is InChI=1S/C39H28N6/c1-3-11-34-30(9-1)36(28-7-5-17-40-22-28)44-38(42-34)26-15-13-24-19-25-14-16-27(21-33(25)32(24)20-26)39-43-35-12-4-2-10-31(35)37(45-39)29-8-6-18-41-23-29/h1,3,5-13,15,17-18,20-23H,2,4,14,16,19H2. The van der Waals surface area contributed by atoms with Gasteiger partial charge in [-0.05, 0) is 96.9 Å². The van der Waals surface area contributed by atoms with Crippen LogP contribution < -0.4 is 10.6 Å². The summed E-state index contributed by atoms with van der Waals surface area (Å²) in [6.45, 7) is 0. The van der Waals surface area contributed by atoms with Crippen LogP contribution in [0.25, 0.3) is 68.1 Å². The molecule has 3 aliphatic carbocycles. The molecule has 0 N–H and O–H groups in total. The Kier molecular flexibility index (Phi) is 6.04. The Bertz CT molecular complexity index is 2340. The Balaban J connectivity index is 1.15. The number of benzene rings is 2. The fraction of sp³-hybridized carbons (Fsp3) is 0.128. The van der Waals surface area contributed by atoms with E-state index in [9.17, 15) is 0 Å². The van der Waals surface area contributed by atoms with Crippen molar-refractivity contribution in [2.75, 3.05) is 0 Å². The SMILES string of the molecule is C1=C(c2nc(-c3cccnc3)c3c(n2)=CCCC=3)CCC2=C1c1cc(-c3nc(-c4cccnc4)c4ccccc4n3)ccc1C2. The van der Waals surface area contributed by atoms with Crippen molar-refractivity contribution in [3.05, 3.63) is 131 Å². The zero-order valence-corrected chi connectivity index (χ0v) is 24.6. The number of hydrogen-bond acceptors (Lipinski definition) is 6. The number of nitrogens with zero attached hydrogens (tertiary/aromatic N) is 6. The summed E-state index contributed by atoms with van der Waals surface area (Å²) in [5.41, 5.74) is 12.3. The summed E-state index contributed by atoms with van der Waals surface area (Å²) >= 11 is 0. The van der Waals surface area contributed by atoms with E-state index >= 15 is 0 Å². The Morgan fingerprint density at radius 1 is 0.622 bits per heavy atom. The molecule has 0 bridgehead atoms. The van der Waals surface area contributed by atoms with Crippen LogP contribution in [0.15, 0.2) is 103 Å². The number of aromatic nitrogens is 6. The first-order valence-corrected chi connectivity index (χ1v) is 15.5. The van der Waals surface area contributed by atoms with Gasteiger partial charge in [0.15, 0.2) is 11.6 Å². The van der Waals surface area contributed by atoms with E-state index in [1.165, 1.54) is 27.8 Å². The molecule has 0 aliphatic heterocycles. The van der Waals surface area contributed by atoms with Crippen molar-refractivity contribution in [3.8, 4) is 33.9 Å². The molecule has 0 amide bonds. The maximum Gasteiger partial charge on any atom is 0.160 e. The van der Waals surface area contributed by atoms with Crippen LogP contribution in [-0.4, -0.2) is 29.9 Å². The molecule has 2 aromatic carbocycles. The Morgan fingerprint density at radius 3 is 2.27 bits per heavy atom. The van der Waals surface area contributed by atoms with Crippen LogP contribution >= 0.6 is 0 Å². The lowest BCUT2D eigenvalue weighted by atomic mass is 9.91. The molecule has 0 atom stereocenters. The Hall–Kier alpha value is -5.62. The lowest BCUT2D eigenvalue weighted by Gasteiger charge is -2.17. The average molecular weight is 581 g/mol. The first-order chi connectivity index (χ1) is 22.3. The molecule has 6 nitrogen and oxygen atoms in total. The molecule has 3 aliphatic rings. The van der Waals surface area contributed by atoms with Crippen LogP contribution in [-0.2, 0) is 6.42 Å². The van der Waals surface area contributed by atoms with E-state index in [1.807, 2.05) is 36.7 Å². The second-order valence-electron chi connectivity index (χ2n) is 11.8. The van der Waals surface area contributed by atoms with E-state index in [0.717, 1.165) is 93.3 Å². The topological polar surface area (TPSA) is 77.3 Å². The summed E-state index contributed by atoms with van der Waals surface area (Å²) < 4.78 is 0. The third-order valence-corrected chi connectivity index (χ3v) is 9.05. The highest BCUT2D eigenvalue weighted by atomic mass is 14.9. The third-order valence-electron chi connectivity index (χ3n) is 9.05. The highest BCUT2D eigenvalue weighted by molar-refractivity contribution is 5.95. The number of pyridine rings is 2. The van der Waals surface area contributed by atoms with Crippen LogP contribution in [0.1, 0.15) is 42.6 Å². The van der Waals surface area contributed by atoms with Gasteiger partial charge in [-0.25, -0.2) is 19.9 Å². The van der Waals surface area contributed by atoms with Gasteiger partial charge < -0.3 is 0 Å². The number of hydrogen-bond donors (Lipinski definition) is 0. The molecular weight excluding hydrogens is 552 g/mol. The molecule has 0 spiro atoms. The van der Waals surface area contributed by atoms with Crippen molar-refractivity contribution in [1.29, 1.82) is 0 Å². The maximum atomic E-state index is 5.16. The fourth-order valence-corrected chi connectivity index (χ4v) is 6.83. The molecule has 0 saturated heterocycles. The summed E-state index contributed by atoms with van der Waals surface area (Å²) in [7, 11) is 0. The molecule has 0 unspecified atom stereocenters. The number of allylic oxidation sites excluding steroid dienone is 4. The quantitative estimate of drug-likeness (QED) is 0.230. The molecule has 0 fully saturated rings. The van der Waals surface area contributed by atoms with Gasteiger partial charge in [-0.15, -0.1) is 0 Å². The summed E-state index contributed by atoms with van der Waals surface area (Å²) in [6, 6.07) is 22.9. The van der Waals surface area contributed by atoms with E-state index < -0.39 is 0 Å². The molecule has 0 radical (unpaired) electrons. The van der Waals surface area contributed by atoms with Crippen molar-refractivity contribution in [1.82, 2.24) is 29.9 Å². The molecule has 9 rings (SSSR count). The summed E-state index contributed by atoms with van der Waals surface area (Å²) in [5.74, 6) is 1.53. The third kappa shape index (κ3) is 4.49. The van der Waals surface area contributed by atoms with E-state index in [0.29, 0.717) is 0 Å². The molecule has 4 aromatic heterocycles. The van der Waals surface area contributed by atoms with Gasteiger partial charge in [0.25, 0.3) is 0 Å². The van der Waals surface area contributed by atoms with Gasteiger partial charge in [-0.1, -0.05) is 48.1 Å². The van der Waals surface area contributed by atoms with Crippen molar-refractivity contribution in [2.45, 2.75) is 32.1 Å². The number of fused-ring (bicyclic) bond motifs is 4. The summed E-state index contributed by atoms with van der Waals surface area (Å²) in [4.78, 5) is 29.1. The second kappa shape index (κ2) is 10.5. The fourth-order valence-electron chi connectivity index (χ4n) is 6.83. The van der Waals surface area contributed by atoms with Crippen LogP contribution in [0.3, 0.4) is 0 Å². The van der Waals surface area contributed by atoms with E-state index in [-0.39, 0.29) is 0 Å². The van der Waals surface area contributed by atoms with E-state index in [2.05, 4.69) is 70.7 Å². The van der Waals surface area contributed by atoms with Gasteiger partial charge in [0.1, 0.15) is 0 Å². The van der Waals surface area contributed by atoms with Crippen molar-refractivity contribution < 1.29 is 0 Å². The zero-order valence-electron chi connectivity index (χ0n) is 24.6. The first kappa shape index (κ1) is 25.8. The summed E-state index contributed by atoms with van der Waals surface area (Å²) in [5, 5.41) is 3.16. The normalized spacial score (nSPS) is 15.1. The average Bonchev–Trinajstić information content (AvgIpc) is 3.48. The van der Waals surface area contributed by atoms with Crippen LogP contribution in [0.2, 0.25) is 0 Å². The summed E-state index contributed by atoms with van der Waals surface area (Å²) in [6.07, 6.45) is 19.1. The van der Waals surface area contributed by atoms with Gasteiger partial charge in [-0.2, -0.15) is 0 Å². The largest absolute Gasteiger partial charge is 0.264 e. The molecule has 214 valence electrons. The van der Waals surface area contributed by atoms with Crippen LogP contribution in [0, 0.1) is 0 Å². The molecule has 45 heavy (non-hydrogen) atoms. The minimum absolute atomic E-state index is 0.718. The number of rotatable bonds is 4. The van der Waals surface area contributed by atoms with Crippen molar-refractivity contribution in [3.63, 3.8) is 0 Å². The Labute approximate surface area is 260 Å². The minimum atomic E-state index is 0.718. The zero-order chi connectivity index (χ0) is 29.7. The lowest BCUT2D eigenvalue weighted by Crippen LogP contribution is -2.34. The van der Waals surface area contributed by atoms with Crippen molar-refractivity contribution >= 4 is 34.2 Å².